The van der Waals surface area contributed by atoms with Crippen LogP contribution in [-0.2, 0) is 11.2 Å². The SMILES string of the molecule is CCc1ccccc1NC(=O)c1cnn2c1NC(C(=O)O)=C[C@@H]2c1ccc(F)cc1. The van der Waals surface area contributed by atoms with Crippen LogP contribution in [0.3, 0.4) is 0 Å². The number of carbonyl (C=O) groups is 2. The monoisotopic (exact) mass is 406 g/mol. The summed E-state index contributed by atoms with van der Waals surface area (Å²) in [5.41, 5.74) is 2.43. The summed E-state index contributed by atoms with van der Waals surface area (Å²) in [5, 5.41) is 19.5. The maximum atomic E-state index is 13.3. The zero-order valence-electron chi connectivity index (χ0n) is 16.1. The lowest BCUT2D eigenvalue weighted by molar-refractivity contribution is -0.132. The number of amides is 1. The van der Waals surface area contributed by atoms with E-state index in [4.69, 9.17) is 0 Å². The van der Waals surface area contributed by atoms with Gasteiger partial charge in [0.1, 0.15) is 22.9 Å². The number of anilines is 2. The number of fused-ring (bicyclic) bond motifs is 1. The van der Waals surface area contributed by atoms with E-state index < -0.39 is 23.7 Å². The zero-order chi connectivity index (χ0) is 21.3. The summed E-state index contributed by atoms with van der Waals surface area (Å²) in [6.45, 7) is 1.99. The van der Waals surface area contributed by atoms with Gasteiger partial charge >= 0.3 is 5.97 Å². The second kappa shape index (κ2) is 7.82. The molecule has 1 aromatic heterocycles. The molecule has 3 N–H and O–H groups in total. The predicted molar refractivity (Wildman–Crippen MR) is 110 cm³/mol. The van der Waals surface area contributed by atoms with E-state index in [1.54, 1.807) is 12.1 Å². The molecule has 30 heavy (non-hydrogen) atoms. The first-order chi connectivity index (χ1) is 14.5. The number of carboxylic acid groups (broad SMARTS) is 1. The number of halogens is 1. The van der Waals surface area contributed by atoms with Gasteiger partial charge in [-0.25, -0.2) is 13.9 Å². The van der Waals surface area contributed by atoms with Crippen molar-refractivity contribution in [3.05, 3.63) is 89.0 Å². The molecular weight excluding hydrogens is 387 g/mol. The summed E-state index contributed by atoms with van der Waals surface area (Å²) in [7, 11) is 0. The van der Waals surface area contributed by atoms with E-state index in [0.29, 0.717) is 11.3 Å². The number of aromatic nitrogens is 2. The van der Waals surface area contributed by atoms with Gasteiger partial charge < -0.3 is 15.7 Å². The number of allylic oxidation sites excluding steroid dienone is 1. The second-order valence-electron chi connectivity index (χ2n) is 6.82. The van der Waals surface area contributed by atoms with Crippen LogP contribution >= 0.6 is 0 Å². The fourth-order valence-corrected chi connectivity index (χ4v) is 3.42. The van der Waals surface area contributed by atoms with Crippen molar-refractivity contribution in [1.82, 2.24) is 9.78 Å². The first-order valence-corrected chi connectivity index (χ1v) is 9.42. The smallest absolute Gasteiger partial charge is 0.352 e. The average molecular weight is 406 g/mol. The second-order valence-corrected chi connectivity index (χ2v) is 6.82. The number of rotatable bonds is 5. The molecule has 1 aliphatic rings. The number of aliphatic carboxylic acids is 1. The Morgan fingerprint density at radius 2 is 1.93 bits per heavy atom. The molecule has 3 aromatic rings. The number of hydrogen-bond donors (Lipinski definition) is 3. The van der Waals surface area contributed by atoms with Crippen molar-refractivity contribution in [1.29, 1.82) is 0 Å². The van der Waals surface area contributed by atoms with Crippen molar-refractivity contribution in [2.24, 2.45) is 0 Å². The standard InChI is InChI=1S/C22H19FN4O3/c1-2-13-5-3-4-6-17(13)26-21(28)16-12-24-27-19(14-7-9-15(23)10-8-14)11-18(22(29)30)25-20(16)27/h3-12,19,25H,2H2,1H3,(H,26,28)(H,29,30)/t19-/m1/s1. The van der Waals surface area contributed by atoms with Crippen LogP contribution in [0.4, 0.5) is 15.9 Å². The lowest BCUT2D eigenvalue weighted by atomic mass is 10.0. The van der Waals surface area contributed by atoms with Gasteiger partial charge in [0.25, 0.3) is 5.91 Å². The molecule has 0 saturated heterocycles. The number of para-hydroxylation sites is 1. The Kier molecular flexibility index (Phi) is 5.05. The highest BCUT2D eigenvalue weighted by Gasteiger charge is 2.29. The normalized spacial score (nSPS) is 15.0. The topological polar surface area (TPSA) is 96.3 Å². The minimum atomic E-state index is -1.17. The van der Waals surface area contributed by atoms with Crippen molar-refractivity contribution >= 4 is 23.4 Å². The first kappa shape index (κ1) is 19.4. The van der Waals surface area contributed by atoms with Crippen LogP contribution < -0.4 is 10.6 Å². The van der Waals surface area contributed by atoms with Crippen LogP contribution in [-0.4, -0.2) is 26.8 Å². The van der Waals surface area contributed by atoms with E-state index in [2.05, 4.69) is 15.7 Å². The summed E-state index contributed by atoms with van der Waals surface area (Å²) < 4.78 is 14.9. The number of benzene rings is 2. The van der Waals surface area contributed by atoms with E-state index in [9.17, 15) is 19.1 Å². The fourth-order valence-electron chi connectivity index (χ4n) is 3.42. The van der Waals surface area contributed by atoms with Crippen LogP contribution in [0.5, 0.6) is 0 Å². The van der Waals surface area contributed by atoms with Gasteiger partial charge in [-0.1, -0.05) is 37.3 Å². The van der Waals surface area contributed by atoms with Gasteiger partial charge in [-0.15, -0.1) is 0 Å². The third-order valence-electron chi connectivity index (χ3n) is 4.97. The molecule has 0 fully saturated rings. The van der Waals surface area contributed by atoms with Crippen LogP contribution in [0.25, 0.3) is 0 Å². The van der Waals surface area contributed by atoms with Gasteiger partial charge in [-0.2, -0.15) is 5.10 Å². The number of nitrogens with zero attached hydrogens (tertiary/aromatic N) is 2. The Hall–Kier alpha value is -3.94. The third kappa shape index (κ3) is 3.55. The molecule has 2 heterocycles. The van der Waals surface area contributed by atoms with E-state index >= 15 is 0 Å². The molecule has 0 aliphatic carbocycles. The molecule has 1 atom stereocenters. The van der Waals surface area contributed by atoms with Gasteiger partial charge in [0.05, 0.1) is 12.2 Å². The summed E-state index contributed by atoms with van der Waals surface area (Å²) in [6.07, 6.45) is 3.62. The quantitative estimate of drug-likeness (QED) is 0.599. The molecule has 152 valence electrons. The highest BCUT2D eigenvalue weighted by Crippen LogP contribution is 2.32. The number of carbonyl (C=O) groups excluding carboxylic acids is 1. The van der Waals surface area contributed by atoms with Gasteiger partial charge in [0, 0.05) is 5.69 Å². The lowest BCUT2D eigenvalue weighted by Gasteiger charge is -2.24. The highest BCUT2D eigenvalue weighted by molar-refractivity contribution is 6.08. The Labute approximate surface area is 171 Å². The van der Waals surface area contributed by atoms with E-state index in [0.717, 1.165) is 12.0 Å². The number of nitrogens with one attached hydrogen (secondary N) is 2. The number of aryl methyl sites for hydroxylation is 1. The highest BCUT2D eigenvalue weighted by atomic mass is 19.1. The minimum Gasteiger partial charge on any atom is -0.477 e. The summed E-state index contributed by atoms with van der Waals surface area (Å²) in [4.78, 5) is 24.6. The Morgan fingerprint density at radius 3 is 2.63 bits per heavy atom. The van der Waals surface area contributed by atoms with Crippen molar-refractivity contribution in [3.63, 3.8) is 0 Å². The van der Waals surface area contributed by atoms with Gasteiger partial charge in [-0.3, -0.25) is 4.79 Å². The average Bonchev–Trinajstić information content (AvgIpc) is 3.18. The van der Waals surface area contributed by atoms with Crippen molar-refractivity contribution < 1.29 is 19.1 Å². The first-order valence-electron chi connectivity index (χ1n) is 9.42. The minimum absolute atomic E-state index is 0.0830. The maximum Gasteiger partial charge on any atom is 0.352 e. The molecule has 1 aliphatic heterocycles. The van der Waals surface area contributed by atoms with E-state index in [1.807, 2.05) is 31.2 Å². The molecule has 0 radical (unpaired) electrons. The Balaban J connectivity index is 1.72. The lowest BCUT2D eigenvalue weighted by Crippen LogP contribution is -2.25. The van der Waals surface area contributed by atoms with Crippen LogP contribution in [0.2, 0.25) is 0 Å². The molecule has 0 bridgehead atoms. The molecule has 0 spiro atoms. The number of carboxylic acids is 1. The molecular formula is C22H19FN4O3. The summed E-state index contributed by atoms with van der Waals surface area (Å²) in [6, 6.07) is 12.6. The largest absolute Gasteiger partial charge is 0.477 e. The summed E-state index contributed by atoms with van der Waals surface area (Å²) in [5.74, 6) is -1.72. The van der Waals surface area contributed by atoms with Gasteiger partial charge in [-0.05, 0) is 41.8 Å². The predicted octanol–water partition coefficient (Wildman–Crippen LogP) is 3.82. The van der Waals surface area contributed by atoms with Gasteiger partial charge in [0.15, 0.2) is 0 Å². The molecule has 8 heteroatoms. The molecule has 2 aromatic carbocycles. The van der Waals surface area contributed by atoms with E-state index in [-0.39, 0.29) is 17.1 Å². The third-order valence-corrected chi connectivity index (χ3v) is 4.97. The molecule has 7 nitrogen and oxygen atoms in total. The summed E-state index contributed by atoms with van der Waals surface area (Å²) >= 11 is 0. The molecule has 4 rings (SSSR count). The van der Waals surface area contributed by atoms with Gasteiger partial charge in [0.2, 0.25) is 0 Å². The van der Waals surface area contributed by atoms with E-state index in [1.165, 1.54) is 29.1 Å². The maximum absolute atomic E-state index is 13.3. The Morgan fingerprint density at radius 1 is 1.20 bits per heavy atom. The zero-order valence-corrected chi connectivity index (χ0v) is 16.1. The van der Waals surface area contributed by atoms with Crippen molar-refractivity contribution in [2.75, 3.05) is 10.6 Å². The van der Waals surface area contributed by atoms with Crippen LogP contribution in [0, 0.1) is 5.82 Å². The van der Waals surface area contributed by atoms with Crippen molar-refractivity contribution in [3.8, 4) is 0 Å². The molecule has 0 saturated carbocycles. The fraction of sp³-hybridized carbons (Fsp3) is 0.136. The number of hydrogen-bond acceptors (Lipinski definition) is 4. The molecule has 0 unspecified atom stereocenters. The van der Waals surface area contributed by atoms with Crippen molar-refractivity contribution in [2.45, 2.75) is 19.4 Å². The molecule has 1 amide bonds. The van der Waals surface area contributed by atoms with Crippen LogP contribution in [0.1, 0.15) is 34.5 Å². The Bertz CT molecular complexity index is 1150. The van der Waals surface area contributed by atoms with Crippen LogP contribution in [0.15, 0.2) is 66.5 Å².